The van der Waals surface area contributed by atoms with Gasteiger partial charge in [0.2, 0.25) is 10.0 Å². The van der Waals surface area contributed by atoms with Crippen LogP contribution in [0.15, 0.2) is 54.6 Å². The highest BCUT2D eigenvalue weighted by molar-refractivity contribution is 7.89. The Morgan fingerprint density at radius 3 is 2.42 bits per heavy atom. The molecule has 0 bridgehead atoms. The Morgan fingerprint density at radius 2 is 1.77 bits per heavy atom. The number of hydrogen-bond acceptors (Lipinski definition) is 4. The number of sulfonamides is 1. The number of para-hydroxylation sites is 1. The maximum absolute atomic E-state index is 12.1. The summed E-state index contributed by atoms with van der Waals surface area (Å²) in [5.74, 6) is 1.48. The van der Waals surface area contributed by atoms with Crippen molar-refractivity contribution in [1.29, 1.82) is 0 Å². The molecule has 0 saturated heterocycles. The fourth-order valence-electron chi connectivity index (χ4n) is 3.47. The van der Waals surface area contributed by atoms with E-state index in [9.17, 15) is 13.5 Å². The number of rotatable bonds is 7. The van der Waals surface area contributed by atoms with Crippen LogP contribution in [0.3, 0.4) is 0 Å². The van der Waals surface area contributed by atoms with E-state index in [0.29, 0.717) is 30.6 Å². The normalized spacial score (nSPS) is 23.1. The first-order chi connectivity index (χ1) is 12.4. The molecule has 0 radical (unpaired) electrons. The average Bonchev–Trinajstić information content (AvgIpc) is 2.97. The second-order valence-corrected chi connectivity index (χ2v) is 8.62. The van der Waals surface area contributed by atoms with E-state index in [2.05, 4.69) is 4.72 Å². The Labute approximate surface area is 155 Å². The predicted octanol–water partition coefficient (Wildman–Crippen LogP) is 3.55. The fraction of sp³-hybridized carbons (Fsp3) is 0.400. The summed E-state index contributed by atoms with van der Waals surface area (Å²) in [6.45, 7) is 1.82. The van der Waals surface area contributed by atoms with Crippen molar-refractivity contribution in [2.75, 3.05) is 5.75 Å². The number of nitrogens with one attached hydrogen (secondary N) is 1. The predicted molar refractivity (Wildman–Crippen MR) is 102 cm³/mol. The van der Waals surface area contributed by atoms with Crippen molar-refractivity contribution < 1.29 is 18.3 Å². The molecule has 1 aliphatic carbocycles. The highest BCUT2D eigenvalue weighted by atomic mass is 32.2. The molecule has 0 aromatic heterocycles. The Bertz CT molecular complexity index is 821. The Hall–Kier alpha value is -1.89. The molecule has 1 aliphatic rings. The van der Waals surface area contributed by atoms with Gasteiger partial charge in [0.05, 0.1) is 11.8 Å². The van der Waals surface area contributed by atoms with Crippen molar-refractivity contribution in [3.63, 3.8) is 0 Å². The number of ether oxygens (including phenoxy) is 1. The summed E-state index contributed by atoms with van der Waals surface area (Å²) in [6.07, 6.45) is 2.48. The van der Waals surface area contributed by atoms with Crippen molar-refractivity contribution in [2.24, 2.45) is 0 Å². The van der Waals surface area contributed by atoms with Crippen LogP contribution in [0.25, 0.3) is 0 Å². The first kappa shape index (κ1) is 18.9. The average molecular weight is 375 g/mol. The third-order valence-corrected chi connectivity index (χ3v) is 6.34. The van der Waals surface area contributed by atoms with E-state index in [1.807, 2.05) is 49.4 Å². The summed E-state index contributed by atoms with van der Waals surface area (Å²) < 4.78 is 32.7. The van der Waals surface area contributed by atoms with E-state index in [0.717, 1.165) is 12.2 Å². The summed E-state index contributed by atoms with van der Waals surface area (Å²) in [5, 5.41) is 11.2. The van der Waals surface area contributed by atoms with E-state index in [1.54, 1.807) is 12.1 Å². The molecule has 0 amide bonds. The molecule has 140 valence electrons. The Morgan fingerprint density at radius 1 is 1.12 bits per heavy atom. The van der Waals surface area contributed by atoms with Gasteiger partial charge < -0.3 is 9.84 Å². The van der Waals surface area contributed by atoms with Crippen molar-refractivity contribution in [1.82, 2.24) is 4.72 Å². The van der Waals surface area contributed by atoms with Crippen LogP contribution in [0, 0.1) is 0 Å². The number of benzene rings is 2. The Balaban J connectivity index is 1.76. The van der Waals surface area contributed by atoms with E-state index >= 15 is 0 Å². The van der Waals surface area contributed by atoms with Crippen molar-refractivity contribution in [3.05, 3.63) is 60.2 Å². The van der Waals surface area contributed by atoms with Gasteiger partial charge in [-0.25, -0.2) is 13.1 Å². The Kier molecular flexibility index (Phi) is 5.65. The SMILES string of the molecule is CCCS(=O)(=O)NC1CCCC1(O)c1ccc(Oc2ccccc2)cc1. The molecular formula is C20H25NO4S. The smallest absolute Gasteiger partial charge is 0.211 e. The first-order valence-electron chi connectivity index (χ1n) is 8.99. The van der Waals surface area contributed by atoms with E-state index in [4.69, 9.17) is 4.74 Å². The van der Waals surface area contributed by atoms with Gasteiger partial charge in [-0.15, -0.1) is 0 Å². The molecule has 5 nitrogen and oxygen atoms in total. The van der Waals surface area contributed by atoms with Gasteiger partial charge in [-0.05, 0) is 55.5 Å². The summed E-state index contributed by atoms with van der Waals surface area (Å²) in [4.78, 5) is 0. The molecule has 2 atom stereocenters. The van der Waals surface area contributed by atoms with Gasteiger partial charge in [0.15, 0.2) is 0 Å². The minimum atomic E-state index is -3.38. The second kappa shape index (κ2) is 7.78. The molecule has 3 rings (SSSR count). The lowest BCUT2D eigenvalue weighted by Gasteiger charge is -2.31. The highest BCUT2D eigenvalue weighted by Gasteiger charge is 2.44. The van der Waals surface area contributed by atoms with Crippen LogP contribution >= 0.6 is 0 Å². The molecule has 1 fully saturated rings. The van der Waals surface area contributed by atoms with Crippen LogP contribution in [0.1, 0.15) is 38.2 Å². The van der Waals surface area contributed by atoms with Gasteiger partial charge in [-0.2, -0.15) is 0 Å². The van der Waals surface area contributed by atoms with E-state index in [1.165, 1.54) is 0 Å². The van der Waals surface area contributed by atoms with Crippen LogP contribution < -0.4 is 9.46 Å². The third-order valence-electron chi connectivity index (χ3n) is 4.75. The van der Waals surface area contributed by atoms with Crippen LogP contribution in [0.5, 0.6) is 11.5 Å². The van der Waals surface area contributed by atoms with E-state index < -0.39 is 21.7 Å². The zero-order chi connectivity index (χ0) is 18.6. The zero-order valence-corrected chi connectivity index (χ0v) is 15.7. The fourth-order valence-corrected chi connectivity index (χ4v) is 4.87. The molecule has 2 aromatic rings. The van der Waals surface area contributed by atoms with Crippen LogP contribution in [-0.4, -0.2) is 25.3 Å². The van der Waals surface area contributed by atoms with Gasteiger partial charge in [0.25, 0.3) is 0 Å². The summed E-state index contributed by atoms with van der Waals surface area (Å²) in [6, 6.07) is 16.2. The molecule has 2 N–H and O–H groups in total. The minimum Gasteiger partial charge on any atom is -0.457 e. The lowest BCUT2D eigenvalue weighted by molar-refractivity contribution is 0.0231. The van der Waals surface area contributed by atoms with E-state index in [-0.39, 0.29) is 5.75 Å². The van der Waals surface area contributed by atoms with Crippen molar-refractivity contribution in [3.8, 4) is 11.5 Å². The van der Waals surface area contributed by atoms with Gasteiger partial charge in [0.1, 0.15) is 17.1 Å². The molecule has 1 saturated carbocycles. The maximum Gasteiger partial charge on any atom is 0.211 e. The number of hydrogen-bond donors (Lipinski definition) is 2. The third kappa shape index (κ3) is 4.26. The highest BCUT2D eigenvalue weighted by Crippen LogP contribution is 2.40. The van der Waals surface area contributed by atoms with Crippen LogP contribution in [-0.2, 0) is 15.6 Å². The topological polar surface area (TPSA) is 75.6 Å². The molecule has 2 unspecified atom stereocenters. The maximum atomic E-state index is 12.1. The molecule has 0 spiro atoms. The standard InChI is InChI=1S/C20H25NO4S/c1-2-15-26(23,24)21-19-9-6-14-20(19,22)16-10-12-18(13-11-16)25-17-7-4-3-5-8-17/h3-5,7-8,10-13,19,21-22H,2,6,9,14-15H2,1H3. The molecule has 6 heteroatoms. The second-order valence-electron chi connectivity index (χ2n) is 6.75. The quantitative estimate of drug-likeness (QED) is 0.776. The van der Waals surface area contributed by atoms with Crippen LogP contribution in [0.2, 0.25) is 0 Å². The summed E-state index contributed by atoms with van der Waals surface area (Å²) >= 11 is 0. The van der Waals surface area contributed by atoms with Crippen molar-refractivity contribution >= 4 is 10.0 Å². The summed E-state index contributed by atoms with van der Waals surface area (Å²) in [7, 11) is -3.38. The van der Waals surface area contributed by atoms with Crippen LogP contribution in [0.4, 0.5) is 0 Å². The lowest BCUT2D eigenvalue weighted by atomic mass is 9.89. The van der Waals surface area contributed by atoms with Gasteiger partial charge in [-0.1, -0.05) is 37.3 Å². The lowest BCUT2D eigenvalue weighted by Crippen LogP contribution is -2.47. The molecule has 2 aromatic carbocycles. The molecule has 0 heterocycles. The van der Waals surface area contributed by atoms with Gasteiger partial charge in [-0.3, -0.25) is 0 Å². The van der Waals surface area contributed by atoms with Gasteiger partial charge in [0, 0.05) is 0 Å². The van der Waals surface area contributed by atoms with Gasteiger partial charge >= 0.3 is 0 Å². The minimum absolute atomic E-state index is 0.0729. The summed E-state index contributed by atoms with van der Waals surface area (Å²) in [5.41, 5.74) is -0.480. The first-order valence-corrected chi connectivity index (χ1v) is 10.6. The molecule has 0 aliphatic heterocycles. The molecular weight excluding hydrogens is 350 g/mol. The van der Waals surface area contributed by atoms with Crippen molar-refractivity contribution in [2.45, 2.75) is 44.2 Å². The molecule has 26 heavy (non-hydrogen) atoms. The zero-order valence-electron chi connectivity index (χ0n) is 14.9. The monoisotopic (exact) mass is 375 g/mol. The largest absolute Gasteiger partial charge is 0.457 e. The number of aliphatic hydroxyl groups is 1.